The van der Waals surface area contributed by atoms with E-state index in [9.17, 15) is 4.79 Å². The number of likely N-dealkylation sites (N-methyl/N-ethyl adjacent to an activating group) is 1. The number of nitrogens with zero attached hydrogens (tertiary/aromatic N) is 1. The molecule has 0 aromatic heterocycles. The van der Waals surface area contributed by atoms with E-state index in [-0.39, 0.29) is 5.41 Å². The van der Waals surface area contributed by atoms with E-state index in [1.165, 1.54) is 5.56 Å². The van der Waals surface area contributed by atoms with Crippen molar-refractivity contribution in [2.24, 2.45) is 0 Å². The molecule has 1 fully saturated rings. The van der Waals surface area contributed by atoms with Crippen LogP contribution < -0.4 is 0 Å². The predicted molar refractivity (Wildman–Crippen MR) is 67.5 cm³/mol. The van der Waals surface area contributed by atoms with Gasteiger partial charge in [-0.2, -0.15) is 0 Å². The Bertz CT molecular complexity index is 436. The topological polar surface area (TPSA) is 40.5 Å². The summed E-state index contributed by atoms with van der Waals surface area (Å²) in [6.45, 7) is 2.21. The lowest BCUT2D eigenvalue weighted by Crippen LogP contribution is -2.36. The molecule has 3 heteroatoms. The minimum atomic E-state index is -0.847. The van der Waals surface area contributed by atoms with Gasteiger partial charge in [0.05, 0.1) is 5.56 Å². The largest absolute Gasteiger partial charge is 0.478 e. The lowest BCUT2D eigenvalue weighted by Gasteiger charge is -2.30. The Labute approximate surface area is 102 Å². The fourth-order valence-electron chi connectivity index (χ4n) is 2.54. The van der Waals surface area contributed by atoms with Crippen LogP contribution in [-0.2, 0) is 5.41 Å². The van der Waals surface area contributed by atoms with Gasteiger partial charge in [0.2, 0.25) is 0 Å². The maximum absolute atomic E-state index is 11.0. The fourth-order valence-corrected chi connectivity index (χ4v) is 2.54. The van der Waals surface area contributed by atoms with Crippen LogP contribution in [0.5, 0.6) is 0 Å². The van der Waals surface area contributed by atoms with Crippen molar-refractivity contribution in [1.82, 2.24) is 4.90 Å². The number of aromatic carboxylic acids is 1. The third-order valence-corrected chi connectivity index (χ3v) is 4.05. The average Bonchev–Trinajstić information content (AvgIpc) is 3.09. The van der Waals surface area contributed by atoms with Crippen LogP contribution in [0.2, 0.25) is 0 Å². The first kappa shape index (κ1) is 12.1. The van der Waals surface area contributed by atoms with Crippen molar-refractivity contribution in [1.29, 1.82) is 0 Å². The van der Waals surface area contributed by atoms with E-state index < -0.39 is 5.97 Å². The van der Waals surface area contributed by atoms with Crippen LogP contribution in [0.3, 0.4) is 0 Å². The molecular formula is C14H19NO2. The van der Waals surface area contributed by atoms with E-state index in [0.29, 0.717) is 11.6 Å². The van der Waals surface area contributed by atoms with Gasteiger partial charge >= 0.3 is 5.97 Å². The third-order valence-electron chi connectivity index (χ3n) is 4.05. The van der Waals surface area contributed by atoms with Crippen LogP contribution in [0.4, 0.5) is 0 Å². The number of rotatable bonds is 4. The molecule has 0 spiro atoms. The molecule has 0 aliphatic heterocycles. The van der Waals surface area contributed by atoms with Crippen LogP contribution in [0.15, 0.2) is 24.3 Å². The van der Waals surface area contributed by atoms with Gasteiger partial charge < -0.3 is 10.0 Å². The summed E-state index contributed by atoms with van der Waals surface area (Å²) < 4.78 is 0. The Balaban J connectivity index is 2.34. The first-order valence-corrected chi connectivity index (χ1v) is 5.97. The molecule has 1 aromatic rings. The summed E-state index contributed by atoms with van der Waals surface area (Å²) in [4.78, 5) is 13.2. The lowest BCUT2D eigenvalue weighted by atomic mass is 9.87. The van der Waals surface area contributed by atoms with E-state index in [4.69, 9.17) is 5.11 Å². The second-order valence-corrected chi connectivity index (χ2v) is 5.18. The Kier molecular flexibility index (Phi) is 2.96. The van der Waals surface area contributed by atoms with Gasteiger partial charge in [0.1, 0.15) is 0 Å². The normalized spacial score (nSPS) is 19.1. The van der Waals surface area contributed by atoms with Crippen LogP contribution in [0, 0.1) is 0 Å². The number of carbonyl (C=O) groups is 1. The average molecular weight is 233 g/mol. The minimum Gasteiger partial charge on any atom is -0.478 e. The van der Waals surface area contributed by atoms with Gasteiger partial charge in [0.25, 0.3) is 0 Å². The molecule has 0 amide bonds. The molecule has 1 N–H and O–H groups in total. The second-order valence-electron chi connectivity index (χ2n) is 5.18. The molecule has 1 unspecified atom stereocenters. The zero-order valence-corrected chi connectivity index (χ0v) is 10.6. The molecule has 0 heterocycles. The minimum absolute atomic E-state index is 0.162. The Morgan fingerprint density at radius 2 is 2.06 bits per heavy atom. The van der Waals surface area contributed by atoms with Gasteiger partial charge in [-0.25, -0.2) is 4.79 Å². The lowest BCUT2D eigenvalue weighted by molar-refractivity contribution is 0.0696. The third kappa shape index (κ3) is 2.07. The molecule has 0 bridgehead atoms. The first-order chi connectivity index (χ1) is 7.97. The maximum Gasteiger partial charge on any atom is 0.335 e. The number of hydrogen-bond acceptors (Lipinski definition) is 2. The molecule has 1 saturated carbocycles. The predicted octanol–water partition coefficient (Wildman–Crippen LogP) is 2.37. The molecule has 1 aliphatic rings. The Hall–Kier alpha value is -1.35. The monoisotopic (exact) mass is 233 g/mol. The van der Waals surface area contributed by atoms with Crippen LogP contribution in [0.1, 0.15) is 35.7 Å². The molecular weight excluding hydrogens is 214 g/mol. The molecule has 1 atom stereocenters. The number of hydrogen-bond donors (Lipinski definition) is 1. The van der Waals surface area contributed by atoms with Gasteiger partial charge in [-0.15, -0.1) is 0 Å². The van der Waals surface area contributed by atoms with Gasteiger partial charge in [-0.3, -0.25) is 0 Å². The van der Waals surface area contributed by atoms with Crippen LogP contribution >= 0.6 is 0 Å². The van der Waals surface area contributed by atoms with Crippen molar-refractivity contribution in [2.75, 3.05) is 14.1 Å². The number of carboxylic acids is 1. The van der Waals surface area contributed by atoms with Crippen LogP contribution in [0.25, 0.3) is 0 Å². The van der Waals surface area contributed by atoms with Crippen molar-refractivity contribution < 1.29 is 9.90 Å². The molecule has 1 aromatic carbocycles. The molecule has 0 radical (unpaired) electrons. The fraction of sp³-hybridized carbons (Fsp3) is 0.500. The molecule has 1 aliphatic carbocycles. The number of carboxylic acid groups (broad SMARTS) is 1. The van der Waals surface area contributed by atoms with Gasteiger partial charge in [0.15, 0.2) is 0 Å². The highest BCUT2D eigenvalue weighted by molar-refractivity contribution is 5.87. The zero-order valence-electron chi connectivity index (χ0n) is 10.6. The molecule has 92 valence electrons. The summed E-state index contributed by atoms with van der Waals surface area (Å²) in [6, 6.07) is 7.82. The van der Waals surface area contributed by atoms with Gasteiger partial charge in [-0.05, 0) is 51.6 Å². The molecule has 3 nitrogen and oxygen atoms in total. The summed E-state index contributed by atoms with van der Waals surface area (Å²) in [5.74, 6) is -0.847. The van der Waals surface area contributed by atoms with Gasteiger partial charge in [-0.1, -0.05) is 12.1 Å². The number of benzene rings is 1. The van der Waals surface area contributed by atoms with Crippen molar-refractivity contribution in [3.63, 3.8) is 0 Å². The van der Waals surface area contributed by atoms with Crippen LogP contribution in [-0.4, -0.2) is 36.1 Å². The molecule has 0 saturated heterocycles. The maximum atomic E-state index is 11.0. The Morgan fingerprint density at radius 1 is 1.41 bits per heavy atom. The zero-order chi connectivity index (χ0) is 12.6. The summed E-state index contributed by atoms with van der Waals surface area (Å²) in [6.07, 6.45) is 2.30. The van der Waals surface area contributed by atoms with E-state index >= 15 is 0 Å². The van der Waals surface area contributed by atoms with Crippen molar-refractivity contribution in [3.05, 3.63) is 35.4 Å². The summed E-state index contributed by atoms with van der Waals surface area (Å²) in [7, 11) is 4.15. The standard InChI is InChI=1S/C14H19NO2/c1-10(15(2)3)14(7-8-14)12-6-4-5-11(9-12)13(16)17/h4-6,9-10H,7-8H2,1-3H3,(H,16,17). The highest BCUT2D eigenvalue weighted by Gasteiger charge is 2.49. The SMILES string of the molecule is CC(N(C)C)C1(c2cccc(C(=O)O)c2)CC1. The van der Waals surface area contributed by atoms with E-state index in [1.54, 1.807) is 6.07 Å². The van der Waals surface area contributed by atoms with E-state index in [1.807, 2.05) is 12.1 Å². The summed E-state index contributed by atoms with van der Waals surface area (Å²) in [5, 5.41) is 9.03. The highest BCUT2D eigenvalue weighted by atomic mass is 16.4. The highest BCUT2D eigenvalue weighted by Crippen LogP contribution is 2.52. The first-order valence-electron chi connectivity index (χ1n) is 5.97. The van der Waals surface area contributed by atoms with Crippen molar-refractivity contribution in [3.8, 4) is 0 Å². The molecule has 17 heavy (non-hydrogen) atoms. The summed E-state index contributed by atoms with van der Waals surface area (Å²) >= 11 is 0. The van der Waals surface area contributed by atoms with E-state index in [0.717, 1.165) is 12.8 Å². The Morgan fingerprint density at radius 3 is 2.53 bits per heavy atom. The quantitative estimate of drug-likeness (QED) is 0.868. The van der Waals surface area contributed by atoms with E-state index in [2.05, 4.69) is 32.0 Å². The molecule has 2 rings (SSSR count). The summed E-state index contributed by atoms with van der Waals surface area (Å²) in [5.41, 5.74) is 1.72. The van der Waals surface area contributed by atoms with Gasteiger partial charge in [0, 0.05) is 11.5 Å². The second kappa shape index (κ2) is 4.15. The van der Waals surface area contributed by atoms with Crippen molar-refractivity contribution in [2.45, 2.75) is 31.2 Å². The van der Waals surface area contributed by atoms with Crippen molar-refractivity contribution >= 4 is 5.97 Å². The smallest absolute Gasteiger partial charge is 0.335 e.